The van der Waals surface area contributed by atoms with Crippen molar-refractivity contribution in [2.24, 2.45) is 0 Å². The fraction of sp³-hybridized carbons (Fsp3) is 0.450. The van der Waals surface area contributed by atoms with Crippen molar-refractivity contribution >= 4 is 23.2 Å². The maximum Gasteiger partial charge on any atom is 0.220 e. The molecule has 1 aromatic heterocycles. The van der Waals surface area contributed by atoms with E-state index in [-0.39, 0.29) is 17.6 Å². The van der Waals surface area contributed by atoms with Crippen LogP contribution in [0.5, 0.6) is 5.75 Å². The van der Waals surface area contributed by atoms with Crippen LogP contribution >= 0.6 is 11.3 Å². The van der Waals surface area contributed by atoms with Crippen molar-refractivity contribution in [3.63, 3.8) is 0 Å². The number of amides is 2. The number of aromatic nitrogens is 1. The van der Waals surface area contributed by atoms with Crippen molar-refractivity contribution < 1.29 is 18.7 Å². The highest BCUT2D eigenvalue weighted by Crippen LogP contribution is 2.31. The normalized spacial score (nSPS) is 18.7. The number of thiazole rings is 1. The van der Waals surface area contributed by atoms with Gasteiger partial charge in [0.25, 0.3) is 0 Å². The molecule has 2 heterocycles. The number of nitrogens with one attached hydrogen (secondary N) is 2. The van der Waals surface area contributed by atoms with Crippen LogP contribution in [0.4, 0.5) is 4.39 Å². The van der Waals surface area contributed by atoms with Gasteiger partial charge in [-0.25, -0.2) is 9.37 Å². The molecule has 0 unspecified atom stereocenters. The second-order valence-corrected chi connectivity index (χ2v) is 7.77. The molecular weight excluding hydrogens is 381 g/mol. The number of nitrogens with zero attached hydrogens (tertiary/aromatic N) is 1. The Bertz CT molecular complexity index is 828. The first-order valence-corrected chi connectivity index (χ1v) is 10.2. The molecule has 2 amide bonds. The summed E-state index contributed by atoms with van der Waals surface area (Å²) in [6, 6.07) is 4.71. The Morgan fingerprint density at radius 2 is 2.32 bits per heavy atom. The number of methoxy groups -OCH3 is 1. The molecule has 1 aromatic carbocycles. The molecule has 0 saturated carbocycles. The molecule has 1 fully saturated rings. The molecule has 1 aliphatic heterocycles. The lowest BCUT2D eigenvalue weighted by molar-refractivity contribution is -0.122. The van der Waals surface area contributed by atoms with Crippen molar-refractivity contribution in [1.29, 1.82) is 0 Å². The minimum atomic E-state index is -0.494. The van der Waals surface area contributed by atoms with Crippen LogP contribution in [0.3, 0.4) is 0 Å². The maximum absolute atomic E-state index is 13.7. The first kappa shape index (κ1) is 20.3. The van der Waals surface area contributed by atoms with Gasteiger partial charge in [-0.15, -0.1) is 11.3 Å². The lowest BCUT2D eigenvalue weighted by atomic mass is 9.85. The number of hydrogen-bond donors (Lipinski definition) is 2. The number of benzene rings is 1. The fourth-order valence-corrected chi connectivity index (χ4v) is 4.11. The molecule has 3 rings (SSSR count). The molecule has 0 aliphatic carbocycles. The van der Waals surface area contributed by atoms with E-state index >= 15 is 0 Å². The summed E-state index contributed by atoms with van der Waals surface area (Å²) in [5.74, 6) is -0.308. The Morgan fingerprint density at radius 1 is 1.46 bits per heavy atom. The van der Waals surface area contributed by atoms with Gasteiger partial charge in [0.05, 0.1) is 18.3 Å². The second kappa shape index (κ2) is 9.14. The fourth-order valence-electron chi connectivity index (χ4n) is 3.52. The van der Waals surface area contributed by atoms with Crippen LogP contribution in [-0.4, -0.2) is 36.0 Å². The Labute approximate surface area is 167 Å². The quantitative estimate of drug-likeness (QED) is 0.672. The number of ether oxygens (including phenoxy) is 1. The van der Waals surface area contributed by atoms with Gasteiger partial charge in [0.15, 0.2) is 11.6 Å². The van der Waals surface area contributed by atoms with Crippen LogP contribution in [0, 0.1) is 5.82 Å². The van der Waals surface area contributed by atoms with Crippen molar-refractivity contribution in [1.82, 2.24) is 15.6 Å². The average molecular weight is 405 g/mol. The first-order chi connectivity index (χ1) is 13.5. The topological polar surface area (TPSA) is 80.3 Å². The molecule has 1 atom stereocenters. The van der Waals surface area contributed by atoms with Gasteiger partial charge in [-0.2, -0.15) is 0 Å². The molecule has 1 saturated heterocycles. The van der Waals surface area contributed by atoms with E-state index in [2.05, 4.69) is 15.6 Å². The lowest BCUT2D eigenvalue weighted by Gasteiger charge is -2.29. The van der Waals surface area contributed by atoms with Crippen molar-refractivity contribution in [2.75, 3.05) is 13.7 Å². The number of carbonyl (C=O) groups is 2. The van der Waals surface area contributed by atoms with E-state index in [1.54, 1.807) is 17.6 Å². The summed E-state index contributed by atoms with van der Waals surface area (Å²) in [5, 5.41) is 7.91. The summed E-state index contributed by atoms with van der Waals surface area (Å²) in [4.78, 5) is 28.3. The van der Waals surface area contributed by atoms with Gasteiger partial charge in [0, 0.05) is 36.7 Å². The number of hydrogen-bond acceptors (Lipinski definition) is 5. The van der Waals surface area contributed by atoms with Crippen LogP contribution in [0.25, 0.3) is 0 Å². The molecule has 28 heavy (non-hydrogen) atoms. The Morgan fingerprint density at radius 3 is 3.00 bits per heavy atom. The van der Waals surface area contributed by atoms with E-state index in [0.717, 1.165) is 11.3 Å². The molecule has 2 aromatic rings. The second-order valence-electron chi connectivity index (χ2n) is 7.05. The SMILES string of the molecule is COc1cc(C[C@]2(CCC(=O)NCCc3cscn3)CCC(=O)N2)ccc1F. The molecule has 6 nitrogen and oxygen atoms in total. The molecule has 150 valence electrons. The van der Waals surface area contributed by atoms with Crippen molar-refractivity contribution in [3.05, 3.63) is 46.2 Å². The summed E-state index contributed by atoms with van der Waals surface area (Å²) in [5.41, 5.74) is 3.11. The lowest BCUT2D eigenvalue weighted by Crippen LogP contribution is -2.44. The van der Waals surface area contributed by atoms with Crippen LogP contribution in [0.15, 0.2) is 29.1 Å². The zero-order valence-corrected chi connectivity index (χ0v) is 16.6. The Kier molecular flexibility index (Phi) is 6.61. The average Bonchev–Trinajstić information content (AvgIpc) is 3.32. The monoisotopic (exact) mass is 405 g/mol. The third-order valence-electron chi connectivity index (χ3n) is 5.01. The molecule has 0 radical (unpaired) electrons. The number of carbonyl (C=O) groups excluding carboxylic acids is 2. The zero-order chi connectivity index (χ0) is 20.0. The third kappa shape index (κ3) is 5.28. The van der Waals surface area contributed by atoms with E-state index in [0.29, 0.717) is 45.1 Å². The van der Waals surface area contributed by atoms with Gasteiger partial charge < -0.3 is 15.4 Å². The molecule has 8 heteroatoms. The molecule has 0 spiro atoms. The molecule has 1 aliphatic rings. The summed E-state index contributed by atoms with van der Waals surface area (Å²) < 4.78 is 18.7. The smallest absolute Gasteiger partial charge is 0.220 e. The zero-order valence-electron chi connectivity index (χ0n) is 15.8. The van der Waals surface area contributed by atoms with Gasteiger partial charge >= 0.3 is 0 Å². The highest BCUT2D eigenvalue weighted by atomic mass is 32.1. The van der Waals surface area contributed by atoms with Gasteiger partial charge in [-0.1, -0.05) is 6.07 Å². The van der Waals surface area contributed by atoms with Crippen LogP contribution < -0.4 is 15.4 Å². The standard InChI is InChI=1S/C20H24FN3O3S/c1-27-17-10-14(2-3-16(17)21)11-20(8-5-19(26)24-20)7-4-18(25)22-9-6-15-12-28-13-23-15/h2-3,10,12-13H,4-9,11H2,1H3,(H,22,25)(H,24,26)/t20-/m0/s1. The summed E-state index contributed by atoms with van der Waals surface area (Å²) in [6.07, 6.45) is 3.16. The van der Waals surface area contributed by atoms with Crippen molar-refractivity contribution in [3.8, 4) is 5.75 Å². The molecular formula is C20H24FN3O3S. The third-order valence-corrected chi connectivity index (χ3v) is 5.65. The minimum Gasteiger partial charge on any atom is -0.494 e. The highest BCUT2D eigenvalue weighted by molar-refractivity contribution is 7.07. The highest BCUT2D eigenvalue weighted by Gasteiger charge is 2.38. The molecule has 0 bridgehead atoms. The predicted octanol–water partition coefficient (Wildman–Crippen LogP) is 2.62. The van der Waals surface area contributed by atoms with E-state index in [9.17, 15) is 14.0 Å². The Balaban J connectivity index is 1.57. The predicted molar refractivity (Wildman–Crippen MR) is 105 cm³/mol. The largest absolute Gasteiger partial charge is 0.494 e. The molecule has 2 N–H and O–H groups in total. The van der Waals surface area contributed by atoms with Crippen molar-refractivity contribution in [2.45, 2.75) is 44.1 Å². The van der Waals surface area contributed by atoms with Gasteiger partial charge in [0.1, 0.15) is 0 Å². The minimum absolute atomic E-state index is 0.0157. The van der Waals surface area contributed by atoms with Crippen LogP contribution in [-0.2, 0) is 22.4 Å². The van der Waals surface area contributed by atoms with Crippen LogP contribution in [0.2, 0.25) is 0 Å². The van der Waals surface area contributed by atoms with Gasteiger partial charge in [-0.05, 0) is 37.0 Å². The summed E-state index contributed by atoms with van der Waals surface area (Å²) in [7, 11) is 1.42. The maximum atomic E-state index is 13.7. The summed E-state index contributed by atoms with van der Waals surface area (Å²) >= 11 is 1.53. The number of halogens is 1. The van der Waals surface area contributed by atoms with E-state index in [1.807, 2.05) is 5.38 Å². The van der Waals surface area contributed by atoms with Gasteiger partial charge in [0.2, 0.25) is 11.8 Å². The van der Waals surface area contributed by atoms with Crippen LogP contribution in [0.1, 0.15) is 36.9 Å². The van der Waals surface area contributed by atoms with E-state index < -0.39 is 11.4 Å². The summed E-state index contributed by atoms with van der Waals surface area (Å²) in [6.45, 7) is 0.539. The van der Waals surface area contributed by atoms with E-state index in [1.165, 1.54) is 24.5 Å². The Hall–Kier alpha value is -2.48. The van der Waals surface area contributed by atoms with Gasteiger partial charge in [-0.3, -0.25) is 9.59 Å². The first-order valence-electron chi connectivity index (χ1n) is 9.27. The van der Waals surface area contributed by atoms with E-state index in [4.69, 9.17) is 4.74 Å². The number of rotatable bonds is 9.